The summed E-state index contributed by atoms with van der Waals surface area (Å²) >= 11 is 3.41. The Morgan fingerprint density at radius 1 is 1.03 bits per heavy atom. The maximum absolute atomic E-state index is 13.0. The summed E-state index contributed by atoms with van der Waals surface area (Å²) in [5.41, 5.74) is 4.12. The van der Waals surface area contributed by atoms with Crippen LogP contribution in [0.3, 0.4) is 0 Å². The van der Waals surface area contributed by atoms with Crippen molar-refractivity contribution in [3.8, 4) is 17.1 Å². The first kappa shape index (κ1) is 21.4. The number of carbonyl (C=O) groups is 1. The van der Waals surface area contributed by atoms with Gasteiger partial charge in [0.15, 0.2) is 0 Å². The second-order valence-corrected chi connectivity index (χ2v) is 8.67. The molecule has 8 nitrogen and oxygen atoms in total. The molecule has 1 amide bonds. The lowest BCUT2D eigenvalue weighted by Crippen LogP contribution is -2.49. The quantitative estimate of drug-likeness (QED) is 0.385. The van der Waals surface area contributed by atoms with E-state index < -0.39 is 0 Å². The fraction of sp³-hybridized carbons (Fsp3) is 0.250. The van der Waals surface area contributed by atoms with Crippen LogP contribution in [0.5, 0.6) is 6.01 Å². The van der Waals surface area contributed by atoms with Crippen molar-refractivity contribution in [3.63, 3.8) is 0 Å². The SMILES string of the molecule is COc1ncc(-c2ccccc2N2CCN(C(=O)Cn3ccc4cnc(Br)cc43)CC2)cn1. The number of ether oxygens (including phenoxy) is 1. The highest BCUT2D eigenvalue weighted by Gasteiger charge is 2.23. The number of anilines is 1. The maximum Gasteiger partial charge on any atom is 0.316 e. The van der Waals surface area contributed by atoms with E-state index in [0.717, 1.165) is 45.4 Å². The molecule has 1 aliphatic heterocycles. The van der Waals surface area contributed by atoms with Crippen LogP contribution >= 0.6 is 15.9 Å². The number of amides is 1. The molecular weight excluding hydrogens is 484 g/mol. The predicted octanol–water partition coefficient (Wildman–Crippen LogP) is 3.61. The Hall–Kier alpha value is -3.46. The van der Waals surface area contributed by atoms with Crippen LogP contribution in [0.25, 0.3) is 22.0 Å². The molecule has 0 radical (unpaired) electrons. The predicted molar refractivity (Wildman–Crippen MR) is 130 cm³/mol. The summed E-state index contributed by atoms with van der Waals surface area (Å²) < 4.78 is 7.82. The summed E-state index contributed by atoms with van der Waals surface area (Å²) in [7, 11) is 1.55. The van der Waals surface area contributed by atoms with Gasteiger partial charge in [0, 0.05) is 73.2 Å². The van der Waals surface area contributed by atoms with Gasteiger partial charge in [0.1, 0.15) is 11.1 Å². The number of hydrogen-bond donors (Lipinski definition) is 0. The molecule has 33 heavy (non-hydrogen) atoms. The molecule has 0 aliphatic carbocycles. The number of halogens is 1. The fourth-order valence-electron chi connectivity index (χ4n) is 4.19. The van der Waals surface area contributed by atoms with E-state index in [1.165, 1.54) is 0 Å². The van der Waals surface area contributed by atoms with E-state index in [1.54, 1.807) is 19.5 Å². The molecule has 0 saturated carbocycles. The van der Waals surface area contributed by atoms with Crippen LogP contribution in [0.1, 0.15) is 0 Å². The highest BCUT2D eigenvalue weighted by molar-refractivity contribution is 9.10. The molecule has 1 aliphatic rings. The number of carbonyl (C=O) groups excluding carboxylic acids is 1. The van der Waals surface area contributed by atoms with Crippen molar-refractivity contribution >= 4 is 38.4 Å². The topological polar surface area (TPSA) is 76.4 Å². The molecule has 5 rings (SSSR count). The highest BCUT2D eigenvalue weighted by Crippen LogP contribution is 2.31. The van der Waals surface area contributed by atoms with Crippen LogP contribution in [0, 0.1) is 0 Å². The lowest BCUT2D eigenvalue weighted by atomic mass is 10.1. The van der Waals surface area contributed by atoms with Gasteiger partial charge in [-0.1, -0.05) is 18.2 Å². The van der Waals surface area contributed by atoms with Crippen LogP contribution in [0.4, 0.5) is 5.69 Å². The number of fused-ring (bicyclic) bond motifs is 1. The Balaban J connectivity index is 1.27. The zero-order valence-electron chi connectivity index (χ0n) is 18.2. The van der Waals surface area contributed by atoms with E-state index >= 15 is 0 Å². The molecule has 0 bridgehead atoms. The summed E-state index contributed by atoms with van der Waals surface area (Å²) in [6.07, 6.45) is 7.31. The monoisotopic (exact) mass is 506 g/mol. The molecule has 0 unspecified atom stereocenters. The number of methoxy groups -OCH3 is 1. The van der Waals surface area contributed by atoms with E-state index in [2.05, 4.69) is 47.9 Å². The molecule has 1 fully saturated rings. The van der Waals surface area contributed by atoms with Gasteiger partial charge in [-0.2, -0.15) is 0 Å². The van der Waals surface area contributed by atoms with Gasteiger partial charge < -0.3 is 19.1 Å². The molecule has 9 heteroatoms. The first-order chi connectivity index (χ1) is 16.1. The van der Waals surface area contributed by atoms with Crippen LogP contribution in [-0.2, 0) is 11.3 Å². The minimum atomic E-state index is 0.122. The lowest BCUT2D eigenvalue weighted by Gasteiger charge is -2.37. The lowest BCUT2D eigenvalue weighted by molar-refractivity contribution is -0.132. The molecule has 0 spiro atoms. The van der Waals surface area contributed by atoms with Gasteiger partial charge in [0.05, 0.1) is 12.6 Å². The van der Waals surface area contributed by atoms with Crippen LogP contribution in [0.15, 0.2) is 65.8 Å². The number of hydrogen-bond acceptors (Lipinski definition) is 6. The third-order valence-electron chi connectivity index (χ3n) is 5.93. The highest BCUT2D eigenvalue weighted by atomic mass is 79.9. The van der Waals surface area contributed by atoms with Crippen molar-refractivity contribution in [2.24, 2.45) is 0 Å². The van der Waals surface area contributed by atoms with Crippen molar-refractivity contribution in [2.75, 3.05) is 38.2 Å². The second-order valence-electron chi connectivity index (χ2n) is 7.85. The first-order valence-corrected chi connectivity index (χ1v) is 11.5. The van der Waals surface area contributed by atoms with Gasteiger partial charge in [-0.25, -0.2) is 15.0 Å². The van der Waals surface area contributed by atoms with Gasteiger partial charge in [0.25, 0.3) is 0 Å². The van der Waals surface area contributed by atoms with Crippen LogP contribution < -0.4 is 9.64 Å². The number of nitrogens with zero attached hydrogens (tertiary/aromatic N) is 6. The van der Waals surface area contributed by atoms with E-state index in [9.17, 15) is 4.79 Å². The third-order valence-corrected chi connectivity index (χ3v) is 6.36. The van der Waals surface area contributed by atoms with Crippen LogP contribution in [-0.4, -0.2) is 63.6 Å². The molecule has 1 saturated heterocycles. The van der Waals surface area contributed by atoms with Crippen molar-refractivity contribution in [1.29, 1.82) is 0 Å². The van der Waals surface area contributed by atoms with Gasteiger partial charge in [-0.05, 0) is 34.1 Å². The largest absolute Gasteiger partial charge is 0.467 e. The number of benzene rings is 1. The average Bonchev–Trinajstić information content (AvgIpc) is 3.25. The van der Waals surface area contributed by atoms with E-state index in [1.807, 2.05) is 46.1 Å². The van der Waals surface area contributed by atoms with Gasteiger partial charge in [0.2, 0.25) is 5.91 Å². The smallest absolute Gasteiger partial charge is 0.316 e. The number of para-hydroxylation sites is 1. The minimum Gasteiger partial charge on any atom is -0.467 e. The Kier molecular flexibility index (Phi) is 5.95. The number of rotatable bonds is 5. The second kappa shape index (κ2) is 9.19. The van der Waals surface area contributed by atoms with Crippen molar-refractivity contribution < 1.29 is 9.53 Å². The van der Waals surface area contributed by atoms with Gasteiger partial charge in [-0.3, -0.25) is 4.79 Å². The standard InChI is InChI=1S/C24H23BrN6O2/c1-33-24-27-14-18(15-28-24)19-4-2-3-5-20(19)29-8-10-30(11-9-29)23(32)16-31-7-6-17-13-26-22(25)12-21(17)31/h2-7,12-15H,8-11,16H2,1H3. The average molecular weight is 507 g/mol. The Bertz CT molecular complexity index is 1280. The Morgan fingerprint density at radius 3 is 2.55 bits per heavy atom. The molecule has 4 heterocycles. The molecule has 0 N–H and O–H groups in total. The maximum atomic E-state index is 13.0. The van der Waals surface area contributed by atoms with E-state index in [0.29, 0.717) is 25.6 Å². The normalized spacial score (nSPS) is 14.0. The summed E-state index contributed by atoms with van der Waals surface area (Å²) in [5.74, 6) is 0.122. The summed E-state index contributed by atoms with van der Waals surface area (Å²) in [6, 6.07) is 12.5. The van der Waals surface area contributed by atoms with Crippen molar-refractivity contribution in [2.45, 2.75) is 6.54 Å². The molecule has 3 aromatic heterocycles. The summed E-state index contributed by atoms with van der Waals surface area (Å²) in [5, 5.41) is 1.02. The summed E-state index contributed by atoms with van der Waals surface area (Å²) in [4.78, 5) is 30.0. The molecule has 0 atom stereocenters. The van der Waals surface area contributed by atoms with Crippen LogP contribution in [0.2, 0.25) is 0 Å². The number of aromatic nitrogens is 4. The molecule has 4 aromatic rings. The molecule has 168 valence electrons. The van der Waals surface area contributed by atoms with E-state index in [4.69, 9.17) is 4.74 Å². The van der Waals surface area contributed by atoms with E-state index in [-0.39, 0.29) is 5.91 Å². The third kappa shape index (κ3) is 4.41. The Morgan fingerprint density at radius 2 is 1.79 bits per heavy atom. The number of pyridine rings is 1. The first-order valence-electron chi connectivity index (χ1n) is 10.7. The van der Waals surface area contributed by atoms with Gasteiger partial charge >= 0.3 is 6.01 Å². The minimum absolute atomic E-state index is 0.122. The van der Waals surface area contributed by atoms with Crippen molar-refractivity contribution in [3.05, 3.63) is 65.8 Å². The van der Waals surface area contributed by atoms with Gasteiger partial charge in [-0.15, -0.1) is 0 Å². The number of piperazine rings is 1. The fourth-order valence-corrected chi connectivity index (χ4v) is 4.51. The Labute approximate surface area is 200 Å². The molecule has 1 aromatic carbocycles. The zero-order chi connectivity index (χ0) is 22.8. The summed E-state index contributed by atoms with van der Waals surface area (Å²) in [6.45, 7) is 3.20. The zero-order valence-corrected chi connectivity index (χ0v) is 19.8. The van der Waals surface area contributed by atoms with Crippen molar-refractivity contribution in [1.82, 2.24) is 24.4 Å². The molecular formula is C24H23BrN6O2.